The summed E-state index contributed by atoms with van der Waals surface area (Å²) >= 11 is 0. The molecule has 3 aromatic heterocycles. The van der Waals surface area contributed by atoms with E-state index in [1.165, 1.54) is 12.8 Å². The highest BCUT2D eigenvalue weighted by atomic mass is 16.5. The van der Waals surface area contributed by atoms with E-state index in [-0.39, 0.29) is 0 Å². The first-order valence-electron chi connectivity index (χ1n) is 10.1. The maximum absolute atomic E-state index is 5.64. The van der Waals surface area contributed by atoms with Crippen LogP contribution in [0.4, 0.5) is 5.95 Å². The first kappa shape index (κ1) is 17.8. The lowest BCUT2D eigenvalue weighted by Crippen LogP contribution is -2.26. The van der Waals surface area contributed by atoms with E-state index in [0.29, 0.717) is 17.9 Å². The molecule has 0 bridgehead atoms. The quantitative estimate of drug-likeness (QED) is 0.560. The average Bonchev–Trinajstić information content (AvgIpc) is 3.18. The molecule has 1 fully saturated rings. The molecule has 3 heterocycles. The Morgan fingerprint density at radius 2 is 1.83 bits per heavy atom. The SMILES string of the molecule is COc1nc(NC2CCC(C)CC2)nn2ccc(-c3ccc4nccnc4c3)c12. The molecule has 0 aliphatic heterocycles. The topological polar surface area (TPSA) is 77.2 Å². The minimum Gasteiger partial charge on any atom is -0.479 e. The normalized spacial score (nSPS) is 19.5. The van der Waals surface area contributed by atoms with E-state index in [0.717, 1.165) is 46.4 Å². The molecule has 0 amide bonds. The van der Waals surface area contributed by atoms with Crippen molar-refractivity contribution >= 4 is 22.5 Å². The molecule has 1 aliphatic carbocycles. The summed E-state index contributed by atoms with van der Waals surface area (Å²) in [6.07, 6.45) is 10.2. The predicted molar refractivity (Wildman–Crippen MR) is 113 cm³/mol. The molecule has 7 nitrogen and oxygen atoms in total. The van der Waals surface area contributed by atoms with Gasteiger partial charge < -0.3 is 10.1 Å². The second kappa shape index (κ2) is 7.31. The number of fused-ring (bicyclic) bond motifs is 2. The smallest absolute Gasteiger partial charge is 0.244 e. The fourth-order valence-corrected chi connectivity index (χ4v) is 4.15. The highest BCUT2D eigenvalue weighted by Crippen LogP contribution is 2.33. The molecule has 0 saturated heterocycles. The number of methoxy groups -OCH3 is 1. The Bertz CT molecular complexity index is 1160. The van der Waals surface area contributed by atoms with Gasteiger partial charge in [0.2, 0.25) is 11.8 Å². The number of hydrogen-bond acceptors (Lipinski definition) is 6. The van der Waals surface area contributed by atoms with Crippen LogP contribution in [-0.4, -0.2) is 37.7 Å². The second-order valence-corrected chi connectivity index (χ2v) is 7.83. The lowest BCUT2D eigenvalue weighted by molar-refractivity contribution is 0.359. The van der Waals surface area contributed by atoms with Crippen molar-refractivity contribution in [2.75, 3.05) is 12.4 Å². The Balaban J connectivity index is 1.52. The van der Waals surface area contributed by atoms with Crippen molar-refractivity contribution in [3.63, 3.8) is 0 Å². The Kier molecular flexibility index (Phi) is 4.50. The number of aromatic nitrogens is 5. The summed E-state index contributed by atoms with van der Waals surface area (Å²) in [5, 5.41) is 8.19. The molecular weight excluding hydrogens is 364 g/mol. The van der Waals surface area contributed by atoms with E-state index in [4.69, 9.17) is 9.84 Å². The molecule has 0 spiro atoms. The Morgan fingerprint density at radius 1 is 1.03 bits per heavy atom. The molecule has 0 radical (unpaired) electrons. The first-order chi connectivity index (χ1) is 14.2. The van der Waals surface area contributed by atoms with Gasteiger partial charge in [-0.25, -0.2) is 4.52 Å². The van der Waals surface area contributed by atoms with Gasteiger partial charge in [0.25, 0.3) is 0 Å². The number of rotatable bonds is 4. The molecule has 1 N–H and O–H groups in total. The maximum Gasteiger partial charge on any atom is 0.244 e. The van der Waals surface area contributed by atoms with Crippen LogP contribution in [0.1, 0.15) is 32.6 Å². The van der Waals surface area contributed by atoms with Crippen molar-refractivity contribution in [3.05, 3.63) is 42.9 Å². The van der Waals surface area contributed by atoms with E-state index >= 15 is 0 Å². The largest absolute Gasteiger partial charge is 0.479 e. The third-order valence-electron chi connectivity index (χ3n) is 5.80. The summed E-state index contributed by atoms with van der Waals surface area (Å²) in [7, 11) is 1.65. The van der Waals surface area contributed by atoms with Crippen molar-refractivity contribution in [2.24, 2.45) is 5.92 Å². The third kappa shape index (κ3) is 3.37. The molecule has 148 valence electrons. The van der Waals surface area contributed by atoms with Gasteiger partial charge in [0.1, 0.15) is 5.52 Å². The molecule has 0 unspecified atom stereocenters. The summed E-state index contributed by atoms with van der Waals surface area (Å²) in [5.74, 6) is 1.98. The zero-order valence-corrected chi connectivity index (χ0v) is 16.7. The second-order valence-electron chi connectivity index (χ2n) is 7.83. The lowest BCUT2D eigenvalue weighted by atomic mass is 9.87. The van der Waals surface area contributed by atoms with Crippen molar-refractivity contribution in [2.45, 2.75) is 38.6 Å². The number of anilines is 1. The zero-order valence-electron chi connectivity index (χ0n) is 16.7. The molecule has 4 aromatic rings. The van der Waals surface area contributed by atoms with Crippen LogP contribution in [0.15, 0.2) is 42.9 Å². The fraction of sp³-hybridized carbons (Fsp3) is 0.364. The highest BCUT2D eigenvalue weighted by molar-refractivity contribution is 5.89. The Labute approximate surface area is 169 Å². The van der Waals surface area contributed by atoms with E-state index in [2.05, 4.69) is 27.2 Å². The standard InChI is InChI=1S/C22H24N6O/c1-14-3-6-16(7-4-14)25-22-26-21(29-2)20-17(9-12-28(20)27-22)15-5-8-18-19(13-15)24-11-10-23-18/h5,8-14,16H,3-4,6-7H2,1-2H3,(H,25,27). The molecule has 7 heteroatoms. The van der Waals surface area contributed by atoms with Gasteiger partial charge in [0, 0.05) is 30.2 Å². The van der Waals surface area contributed by atoms with Crippen molar-refractivity contribution in [3.8, 4) is 17.0 Å². The van der Waals surface area contributed by atoms with Gasteiger partial charge in [-0.1, -0.05) is 13.0 Å². The van der Waals surface area contributed by atoms with Crippen LogP contribution >= 0.6 is 0 Å². The molecule has 0 atom stereocenters. The molecular formula is C22H24N6O. The summed E-state index contributed by atoms with van der Waals surface area (Å²) in [6.45, 7) is 2.32. The first-order valence-corrected chi connectivity index (χ1v) is 10.1. The number of hydrogen-bond donors (Lipinski definition) is 1. The van der Waals surface area contributed by atoms with Crippen LogP contribution in [0.3, 0.4) is 0 Å². The molecule has 5 rings (SSSR count). The van der Waals surface area contributed by atoms with Gasteiger partial charge in [0.15, 0.2) is 0 Å². The number of nitrogens with zero attached hydrogens (tertiary/aromatic N) is 5. The maximum atomic E-state index is 5.64. The van der Waals surface area contributed by atoms with Gasteiger partial charge in [0.05, 0.1) is 18.1 Å². The van der Waals surface area contributed by atoms with Crippen LogP contribution < -0.4 is 10.1 Å². The number of nitrogens with one attached hydrogen (secondary N) is 1. The number of benzene rings is 1. The van der Waals surface area contributed by atoms with Crippen molar-refractivity contribution < 1.29 is 4.74 Å². The van der Waals surface area contributed by atoms with Crippen LogP contribution in [0.25, 0.3) is 27.7 Å². The monoisotopic (exact) mass is 388 g/mol. The minimum atomic E-state index is 0.419. The Morgan fingerprint density at radius 3 is 2.62 bits per heavy atom. The van der Waals surface area contributed by atoms with Gasteiger partial charge >= 0.3 is 0 Å². The minimum absolute atomic E-state index is 0.419. The van der Waals surface area contributed by atoms with E-state index in [1.807, 2.05) is 35.0 Å². The van der Waals surface area contributed by atoms with Gasteiger partial charge in [-0.2, -0.15) is 4.98 Å². The summed E-state index contributed by atoms with van der Waals surface area (Å²) in [4.78, 5) is 13.4. The van der Waals surface area contributed by atoms with E-state index in [1.54, 1.807) is 19.5 Å². The zero-order chi connectivity index (χ0) is 19.8. The van der Waals surface area contributed by atoms with Crippen LogP contribution in [0, 0.1) is 5.92 Å². The summed E-state index contributed by atoms with van der Waals surface area (Å²) in [6, 6.07) is 8.51. The van der Waals surface area contributed by atoms with Crippen LogP contribution in [0.2, 0.25) is 0 Å². The average molecular weight is 388 g/mol. The highest BCUT2D eigenvalue weighted by Gasteiger charge is 2.21. The van der Waals surface area contributed by atoms with Crippen LogP contribution in [-0.2, 0) is 0 Å². The predicted octanol–water partition coefficient (Wildman–Crippen LogP) is 4.34. The van der Waals surface area contributed by atoms with Gasteiger partial charge in [-0.05, 0) is 55.4 Å². The molecule has 1 saturated carbocycles. The van der Waals surface area contributed by atoms with Gasteiger partial charge in [-0.15, -0.1) is 5.10 Å². The lowest BCUT2D eigenvalue weighted by Gasteiger charge is -2.26. The Hall–Kier alpha value is -3.22. The van der Waals surface area contributed by atoms with E-state index < -0.39 is 0 Å². The van der Waals surface area contributed by atoms with Crippen molar-refractivity contribution in [1.29, 1.82) is 0 Å². The van der Waals surface area contributed by atoms with Crippen LogP contribution in [0.5, 0.6) is 5.88 Å². The van der Waals surface area contributed by atoms with Crippen molar-refractivity contribution in [1.82, 2.24) is 24.6 Å². The van der Waals surface area contributed by atoms with E-state index in [9.17, 15) is 0 Å². The molecule has 1 aliphatic rings. The number of ether oxygens (including phenoxy) is 1. The fourth-order valence-electron chi connectivity index (χ4n) is 4.15. The van der Waals surface area contributed by atoms with Gasteiger partial charge in [-0.3, -0.25) is 9.97 Å². The molecule has 1 aromatic carbocycles. The third-order valence-corrected chi connectivity index (χ3v) is 5.80. The molecule has 29 heavy (non-hydrogen) atoms. The summed E-state index contributed by atoms with van der Waals surface area (Å²) in [5.41, 5.74) is 4.61. The summed E-state index contributed by atoms with van der Waals surface area (Å²) < 4.78 is 7.49.